The lowest BCUT2D eigenvalue weighted by molar-refractivity contribution is -0.308. The molecule has 0 bridgehead atoms. The number of carbonyl (C=O) groups excluding carboxylic acids is 1. The average molecular weight is 325 g/mol. The lowest BCUT2D eigenvalue weighted by Crippen LogP contribution is -2.41. The minimum atomic E-state index is -4.09. The molecule has 0 aliphatic carbocycles. The zero-order valence-electron chi connectivity index (χ0n) is 10.7. The van der Waals surface area contributed by atoms with Crippen LogP contribution in [-0.2, 0) is 14.8 Å². The van der Waals surface area contributed by atoms with Gasteiger partial charge in [-0.1, -0.05) is 54.1 Å². The Hall–Kier alpha value is -1.89. The molecule has 0 spiro atoms. The Labute approximate surface area is 127 Å². The molecular weight excluding hydrogens is 314 g/mol. The SMILES string of the molecule is O=C([O-])[C@@H](NS(=O)(=O)c1ccccc1Cl)c1ccccc1. The minimum Gasteiger partial charge on any atom is -0.548 e. The van der Waals surface area contributed by atoms with Crippen molar-refractivity contribution in [3.63, 3.8) is 0 Å². The third kappa shape index (κ3) is 3.60. The Morgan fingerprint density at radius 2 is 1.62 bits per heavy atom. The van der Waals surface area contributed by atoms with E-state index in [2.05, 4.69) is 4.72 Å². The molecule has 2 rings (SSSR count). The van der Waals surface area contributed by atoms with Crippen LogP contribution in [0.3, 0.4) is 0 Å². The molecule has 0 unspecified atom stereocenters. The van der Waals surface area contributed by atoms with Crippen molar-refractivity contribution in [2.24, 2.45) is 0 Å². The van der Waals surface area contributed by atoms with Gasteiger partial charge in [0.2, 0.25) is 10.0 Å². The summed E-state index contributed by atoms with van der Waals surface area (Å²) in [6.07, 6.45) is 0. The van der Waals surface area contributed by atoms with E-state index in [0.29, 0.717) is 0 Å². The van der Waals surface area contributed by atoms with Crippen molar-refractivity contribution >= 4 is 27.6 Å². The normalized spacial score (nSPS) is 12.8. The van der Waals surface area contributed by atoms with Crippen molar-refractivity contribution in [2.75, 3.05) is 0 Å². The van der Waals surface area contributed by atoms with Gasteiger partial charge in [0.1, 0.15) is 4.90 Å². The van der Waals surface area contributed by atoms with Gasteiger partial charge < -0.3 is 9.90 Å². The summed E-state index contributed by atoms with van der Waals surface area (Å²) in [7, 11) is -4.09. The number of carboxylic acids is 1. The van der Waals surface area contributed by atoms with Crippen LogP contribution < -0.4 is 9.83 Å². The number of hydrogen-bond acceptors (Lipinski definition) is 4. The van der Waals surface area contributed by atoms with Crippen LogP contribution in [0, 0.1) is 0 Å². The van der Waals surface area contributed by atoms with Gasteiger partial charge in [-0.15, -0.1) is 0 Å². The molecule has 0 aliphatic heterocycles. The zero-order valence-corrected chi connectivity index (χ0v) is 12.3. The van der Waals surface area contributed by atoms with Crippen LogP contribution in [0.4, 0.5) is 0 Å². The standard InChI is InChI=1S/C14H12ClNO4S/c15-11-8-4-5-9-12(11)21(19,20)16-13(14(17)18)10-6-2-1-3-7-10/h1-9,13,16H,(H,17,18)/p-1/t13-/m0/s1. The Kier molecular flexibility index (Phi) is 4.62. The van der Waals surface area contributed by atoms with E-state index in [0.717, 1.165) is 0 Å². The summed E-state index contributed by atoms with van der Waals surface area (Å²) in [5.74, 6) is -1.54. The van der Waals surface area contributed by atoms with E-state index in [1.165, 1.54) is 30.3 Å². The van der Waals surface area contributed by atoms with Gasteiger partial charge in [-0.2, -0.15) is 4.72 Å². The maximum Gasteiger partial charge on any atom is 0.242 e. The van der Waals surface area contributed by atoms with Gasteiger partial charge in [-0.25, -0.2) is 8.42 Å². The van der Waals surface area contributed by atoms with Crippen LogP contribution in [0.2, 0.25) is 5.02 Å². The number of halogens is 1. The first-order chi connectivity index (χ1) is 9.92. The van der Waals surface area contributed by atoms with E-state index in [9.17, 15) is 18.3 Å². The number of nitrogens with one attached hydrogen (secondary N) is 1. The summed E-state index contributed by atoms with van der Waals surface area (Å²) in [6, 6.07) is 12.2. The number of rotatable bonds is 5. The van der Waals surface area contributed by atoms with Crippen LogP contribution in [0.15, 0.2) is 59.5 Å². The second-order valence-corrected chi connectivity index (χ2v) is 6.30. The van der Waals surface area contributed by atoms with E-state index < -0.39 is 22.0 Å². The summed E-state index contributed by atoms with van der Waals surface area (Å²) in [6.45, 7) is 0. The van der Waals surface area contributed by atoms with Gasteiger partial charge in [-0.05, 0) is 17.7 Å². The highest BCUT2D eigenvalue weighted by atomic mass is 35.5. The monoisotopic (exact) mass is 324 g/mol. The number of aliphatic carboxylic acids is 1. The van der Waals surface area contributed by atoms with Crippen LogP contribution in [-0.4, -0.2) is 14.4 Å². The van der Waals surface area contributed by atoms with E-state index in [4.69, 9.17) is 11.6 Å². The first kappa shape index (κ1) is 15.5. The van der Waals surface area contributed by atoms with Crippen LogP contribution in [0.25, 0.3) is 0 Å². The fourth-order valence-electron chi connectivity index (χ4n) is 1.78. The molecule has 0 radical (unpaired) electrons. The molecule has 7 heteroatoms. The van der Waals surface area contributed by atoms with Crippen molar-refractivity contribution in [3.05, 3.63) is 65.2 Å². The molecule has 110 valence electrons. The van der Waals surface area contributed by atoms with E-state index in [-0.39, 0.29) is 15.5 Å². The lowest BCUT2D eigenvalue weighted by atomic mass is 10.1. The quantitative estimate of drug-likeness (QED) is 0.892. The highest BCUT2D eigenvalue weighted by Gasteiger charge is 2.23. The molecule has 0 saturated carbocycles. The summed E-state index contributed by atoms with van der Waals surface area (Å²) in [4.78, 5) is 11.0. The lowest BCUT2D eigenvalue weighted by Gasteiger charge is -2.20. The molecule has 21 heavy (non-hydrogen) atoms. The topological polar surface area (TPSA) is 86.3 Å². The molecule has 0 fully saturated rings. The Morgan fingerprint density at radius 1 is 1.05 bits per heavy atom. The van der Waals surface area contributed by atoms with E-state index >= 15 is 0 Å². The van der Waals surface area contributed by atoms with Gasteiger partial charge in [0.05, 0.1) is 17.0 Å². The van der Waals surface area contributed by atoms with E-state index in [1.54, 1.807) is 24.3 Å². The molecular formula is C14H11ClNO4S-. The van der Waals surface area contributed by atoms with Crippen molar-refractivity contribution in [3.8, 4) is 0 Å². The Balaban J connectivity index is 2.38. The largest absolute Gasteiger partial charge is 0.548 e. The molecule has 0 aromatic heterocycles. The number of sulfonamides is 1. The Morgan fingerprint density at radius 3 is 2.19 bits per heavy atom. The molecule has 0 heterocycles. The summed E-state index contributed by atoms with van der Waals surface area (Å²) in [5, 5.41) is 11.2. The molecule has 1 N–H and O–H groups in total. The minimum absolute atomic E-state index is 0.00941. The van der Waals surface area contributed by atoms with Crippen molar-refractivity contribution in [1.29, 1.82) is 0 Å². The predicted octanol–water partition coefficient (Wildman–Crippen LogP) is 1.11. The van der Waals surface area contributed by atoms with Gasteiger partial charge in [0.15, 0.2) is 0 Å². The first-order valence-corrected chi connectivity index (χ1v) is 7.80. The zero-order chi connectivity index (χ0) is 15.5. The Bertz CT molecular complexity index is 747. The van der Waals surface area contributed by atoms with Gasteiger partial charge in [0.25, 0.3) is 0 Å². The van der Waals surface area contributed by atoms with Crippen molar-refractivity contribution < 1.29 is 18.3 Å². The summed E-state index contributed by atoms with van der Waals surface area (Å²) < 4.78 is 26.6. The van der Waals surface area contributed by atoms with Gasteiger partial charge in [-0.3, -0.25) is 0 Å². The summed E-state index contributed by atoms with van der Waals surface area (Å²) >= 11 is 5.84. The number of hydrogen-bond donors (Lipinski definition) is 1. The maximum atomic E-state index is 12.3. The molecule has 2 aromatic rings. The summed E-state index contributed by atoms with van der Waals surface area (Å²) in [5.41, 5.74) is 0.271. The average Bonchev–Trinajstić information content (AvgIpc) is 2.46. The third-order valence-corrected chi connectivity index (χ3v) is 4.69. The van der Waals surface area contributed by atoms with Crippen LogP contribution in [0.1, 0.15) is 11.6 Å². The molecule has 2 aromatic carbocycles. The van der Waals surface area contributed by atoms with E-state index in [1.807, 2.05) is 0 Å². The predicted molar refractivity (Wildman–Crippen MR) is 76.0 cm³/mol. The van der Waals surface area contributed by atoms with Crippen LogP contribution >= 0.6 is 11.6 Å². The maximum absolute atomic E-state index is 12.3. The highest BCUT2D eigenvalue weighted by molar-refractivity contribution is 7.89. The van der Waals surface area contributed by atoms with Crippen molar-refractivity contribution in [1.82, 2.24) is 4.72 Å². The fourth-order valence-corrected chi connectivity index (χ4v) is 3.47. The highest BCUT2D eigenvalue weighted by Crippen LogP contribution is 2.23. The molecule has 1 atom stereocenters. The number of benzene rings is 2. The van der Waals surface area contributed by atoms with Crippen molar-refractivity contribution in [2.45, 2.75) is 10.9 Å². The molecule has 5 nitrogen and oxygen atoms in total. The van der Waals surface area contributed by atoms with Gasteiger partial charge in [0, 0.05) is 0 Å². The molecule has 0 saturated heterocycles. The molecule has 0 amide bonds. The first-order valence-electron chi connectivity index (χ1n) is 5.94. The second-order valence-electron chi connectivity index (χ2n) is 4.21. The smallest absolute Gasteiger partial charge is 0.242 e. The van der Waals surface area contributed by atoms with Gasteiger partial charge >= 0.3 is 0 Å². The molecule has 0 aliphatic rings. The second kappa shape index (κ2) is 6.26. The third-order valence-electron chi connectivity index (χ3n) is 2.77. The fraction of sp³-hybridized carbons (Fsp3) is 0.0714. The van der Waals surface area contributed by atoms with Crippen LogP contribution in [0.5, 0.6) is 0 Å². The number of carboxylic acid groups (broad SMARTS) is 1. The number of carbonyl (C=O) groups is 1.